The molecule has 0 aliphatic carbocycles. The number of benzene rings is 1. The van der Waals surface area contributed by atoms with Crippen molar-refractivity contribution < 1.29 is 4.74 Å². The Kier molecular flexibility index (Phi) is 3.95. The molecular formula is C14H20ClNO. The van der Waals surface area contributed by atoms with Gasteiger partial charge in [-0.3, -0.25) is 0 Å². The molecule has 0 bridgehead atoms. The van der Waals surface area contributed by atoms with Crippen LogP contribution in [0.5, 0.6) is 5.75 Å². The highest BCUT2D eigenvalue weighted by molar-refractivity contribution is 6.30. The van der Waals surface area contributed by atoms with E-state index in [1.165, 1.54) is 11.1 Å². The van der Waals surface area contributed by atoms with Crippen LogP contribution in [0.25, 0.3) is 0 Å². The quantitative estimate of drug-likeness (QED) is 0.886. The van der Waals surface area contributed by atoms with Crippen LogP contribution in [0.3, 0.4) is 0 Å². The van der Waals surface area contributed by atoms with Crippen LogP contribution in [-0.4, -0.2) is 13.7 Å². The fourth-order valence-electron chi connectivity index (χ4n) is 2.43. The topological polar surface area (TPSA) is 21.3 Å². The molecule has 1 aromatic rings. The summed E-state index contributed by atoms with van der Waals surface area (Å²) in [5.41, 5.74) is 2.46. The first kappa shape index (κ1) is 12.7. The molecule has 0 fully saturated rings. The Morgan fingerprint density at radius 1 is 1.41 bits per heavy atom. The molecule has 0 aromatic heterocycles. The van der Waals surface area contributed by atoms with E-state index in [4.69, 9.17) is 16.3 Å². The van der Waals surface area contributed by atoms with E-state index < -0.39 is 0 Å². The fraction of sp³-hybridized carbons (Fsp3) is 0.571. The Balaban J connectivity index is 2.36. The van der Waals surface area contributed by atoms with Crippen LogP contribution < -0.4 is 10.1 Å². The first-order chi connectivity index (χ1) is 8.11. The summed E-state index contributed by atoms with van der Waals surface area (Å²) in [6.07, 6.45) is 2.06. The third-order valence-electron chi connectivity index (χ3n) is 3.21. The summed E-state index contributed by atoms with van der Waals surface area (Å²) in [6.45, 7) is 5.24. The molecule has 0 spiro atoms. The highest BCUT2D eigenvalue weighted by Crippen LogP contribution is 2.38. The van der Waals surface area contributed by atoms with E-state index in [9.17, 15) is 0 Å². The molecule has 1 aliphatic rings. The Morgan fingerprint density at radius 2 is 2.18 bits per heavy atom. The summed E-state index contributed by atoms with van der Waals surface area (Å²) in [7, 11) is 2.00. The van der Waals surface area contributed by atoms with Crippen molar-refractivity contribution in [3.63, 3.8) is 0 Å². The van der Waals surface area contributed by atoms with Crippen LogP contribution in [-0.2, 0) is 6.42 Å². The molecule has 1 heterocycles. The van der Waals surface area contributed by atoms with E-state index in [-0.39, 0.29) is 0 Å². The van der Waals surface area contributed by atoms with Crippen molar-refractivity contribution in [1.29, 1.82) is 0 Å². The predicted octanol–water partition coefficient (Wildman–Crippen LogP) is 3.58. The number of hydrogen-bond donors (Lipinski definition) is 1. The molecule has 2 nitrogen and oxygen atoms in total. The summed E-state index contributed by atoms with van der Waals surface area (Å²) >= 11 is 6.18. The van der Waals surface area contributed by atoms with Crippen LogP contribution in [0.1, 0.15) is 37.4 Å². The third kappa shape index (κ3) is 2.75. The molecule has 1 N–H and O–H groups in total. The lowest BCUT2D eigenvalue weighted by molar-refractivity contribution is 0.345. The van der Waals surface area contributed by atoms with Crippen LogP contribution in [0.15, 0.2) is 12.1 Å². The second-order valence-corrected chi connectivity index (χ2v) is 5.49. The maximum Gasteiger partial charge on any atom is 0.127 e. The molecule has 0 radical (unpaired) electrons. The molecule has 17 heavy (non-hydrogen) atoms. The van der Waals surface area contributed by atoms with Crippen LogP contribution >= 0.6 is 11.6 Å². The van der Waals surface area contributed by atoms with E-state index >= 15 is 0 Å². The van der Waals surface area contributed by atoms with Gasteiger partial charge < -0.3 is 10.1 Å². The average molecular weight is 254 g/mol. The smallest absolute Gasteiger partial charge is 0.127 e. The van der Waals surface area contributed by atoms with Gasteiger partial charge in [0.05, 0.1) is 6.61 Å². The minimum atomic E-state index is 0.320. The molecule has 94 valence electrons. The predicted molar refractivity (Wildman–Crippen MR) is 71.9 cm³/mol. The standard InChI is InChI=1S/C14H20ClNO/c1-9(2)6-13(16-3)12-8-11(15)7-10-4-5-17-14(10)12/h7-9,13,16H,4-6H2,1-3H3. The third-order valence-corrected chi connectivity index (χ3v) is 3.43. The lowest BCUT2D eigenvalue weighted by Crippen LogP contribution is -2.19. The maximum absolute atomic E-state index is 6.18. The van der Waals surface area contributed by atoms with Crippen molar-refractivity contribution in [2.75, 3.05) is 13.7 Å². The Hall–Kier alpha value is -0.730. The van der Waals surface area contributed by atoms with Gasteiger partial charge in [-0.2, -0.15) is 0 Å². The summed E-state index contributed by atoms with van der Waals surface area (Å²) < 4.78 is 5.75. The van der Waals surface area contributed by atoms with Gasteiger partial charge in [0.15, 0.2) is 0 Å². The minimum Gasteiger partial charge on any atom is -0.493 e. The number of nitrogens with one attached hydrogen (secondary N) is 1. The highest BCUT2D eigenvalue weighted by atomic mass is 35.5. The number of halogens is 1. The molecule has 3 heteroatoms. The Morgan fingerprint density at radius 3 is 2.82 bits per heavy atom. The number of ether oxygens (including phenoxy) is 1. The van der Waals surface area contributed by atoms with Crippen molar-refractivity contribution in [3.8, 4) is 5.75 Å². The van der Waals surface area contributed by atoms with Gasteiger partial charge in [-0.25, -0.2) is 0 Å². The first-order valence-corrected chi connectivity index (χ1v) is 6.62. The van der Waals surface area contributed by atoms with Gasteiger partial charge >= 0.3 is 0 Å². The van der Waals surface area contributed by atoms with Crippen molar-refractivity contribution in [1.82, 2.24) is 5.32 Å². The van der Waals surface area contributed by atoms with Crippen molar-refractivity contribution >= 4 is 11.6 Å². The second-order valence-electron chi connectivity index (χ2n) is 5.05. The molecule has 1 atom stereocenters. The Labute approximate surface area is 108 Å². The van der Waals surface area contributed by atoms with Gasteiger partial charge in [-0.05, 0) is 37.1 Å². The molecule has 2 rings (SSSR count). The van der Waals surface area contributed by atoms with Gasteiger partial charge in [0.2, 0.25) is 0 Å². The minimum absolute atomic E-state index is 0.320. The van der Waals surface area contributed by atoms with Gasteiger partial charge in [-0.1, -0.05) is 25.4 Å². The highest BCUT2D eigenvalue weighted by Gasteiger charge is 2.23. The normalized spacial score (nSPS) is 15.8. The van der Waals surface area contributed by atoms with Crippen LogP contribution in [0.4, 0.5) is 0 Å². The zero-order valence-electron chi connectivity index (χ0n) is 10.7. The van der Waals surface area contributed by atoms with Gasteiger partial charge in [0.1, 0.15) is 5.75 Å². The van der Waals surface area contributed by atoms with E-state index in [2.05, 4.69) is 19.2 Å². The molecule has 0 amide bonds. The van der Waals surface area contributed by atoms with Gasteiger partial charge in [0.25, 0.3) is 0 Å². The molecule has 0 saturated heterocycles. The molecule has 1 aromatic carbocycles. The summed E-state index contributed by atoms with van der Waals surface area (Å²) in [4.78, 5) is 0. The summed E-state index contributed by atoms with van der Waals surface area (Å²) in [5, 5.41) is 4.18. The zero-order valence-corrected chi connectivity index (χ0v) is 11.5. The van der Waals surface area contributed by atoms with E-state index in [1.54, 1.807) is 0 Å². The number of fused-ring (bicyclic) bond motifs is 1. The molecular weight excluding hydrogens is 234 g/mol. The van der Waals surface area contributed by atoms with Crippen molar-refractivity contribution in [2.24, 2.45) is 5.92 Å². The second kappa shape index (κ2) is 5.28. The molecule has 1 aliphatic heterocycles. The largest absolute Gasteiger partial charge is 0.493 e. The zero-order chi connectivity index (χ0) is 12.4. The molecule has 0 saturated carbocycles. The van der Waals surface area contributed by atoms with E-state index in [1.807, 2.05) is 19.2 Å². The number of hydrogen-bond acceptors (Lipinski definition) is 2. The average Bonchev–Trinajstić information content (AvgIpc) is 2.72. The van der Waals surface area contributed by atoms with Gasteiger partial charge in [0, 0.05) is 23.0 Å². The van der Waals surface area contributed by atoms with Gasteiger partial charge in [-0.15, -0.1) is 0 Å². The molecule has 1 unspecified atom stereocenters. The summed E-state index contributed by atoms with van der Waals surface area (Å²) in [5.74, 6) is 1.69. The lowest BCUT2D eigenvalue weighted by atomic mass is 9.95. The first-order valence-electron chi connectivity index (χ1n) is 6.24. The monoisotopic (exact) mass is 253 g/mol. The van der Waals surface area contributed by atoms with Crippen LogP contribution in [0, 0.1) is 5.92 Å². The fourth-order valence-corrected chi connectivity index (χ4v) is 2.68. The van der Waals surface area contributed by atoms with E-state index in [0.717, 1.165) is 30.2 Å². The van der Waals surface area contributed by atoms with Crippen molar-refractivity contribution in [3.05, 3.63) is 28.3 Å². The Bertz CT molecular complexity index is 403. The number of rotatable bonds is 4. The van der Waals surface area contributed by atoms with Crippen LogP contribution in [0.2, 0.25) is 5.02 Å². The summed E-state index contributed by atoms with van der Waals surface area (Å²) in [6, 6.07) is 4.38. The lowest BCUT2D eigenvalue weighted by Gasteiger charge is -2.21. The maximum atomic E-state index is 6.18. The van der Waals surface area contributed by atoms with Crippen molar-refractivity contribution in [2.45, 2.75) is 32.7 Å². The SMILES string of the molecule is CNC(CC(C)C)c1cc(Cl)cc2c1OCC2. The van der Waals surface area contributed by atoms with E-state index in [0.29, 0.717) is 12.0 Å².